The molecule has 4 atom stereocenters. The van der Waals surface area contributed by atoms with Gasteiger partial charge in [-0.05, 0) is 6.92 Å². The lowest BCUT2D eigenvalue weighted by molar-refractivity contribution is -0.137. The quantitative estimate of drug-likeness (QED) is 0.231. The van der Waals surface area contributed by atoms with E-state index in [9.17, 15) is 15.0 Å². The SMILES string of the molecule is CCNC(=O)[C@H]1O[C@@H](n2cnc3c(NCCOCCOCCN)ncnc32)[C@H](O)[C@@H]1O. The summed E-state index contributed by atoms with van der Waals surface area (Å²) in [5.74, 6) is -0.00794. The molecule has 6 N–H and O–H groups in total. The van der Waals surface area contributed by atoms with E-state index < -0.39 is 30.4 Å². The van der Waals surface area contributed by atoms with Gasteiger partial charge in [0.05, 0.1) is 32.8 Å². The number of aliphatic hydroxyl groups excluding tert-OH is 2. The molecule has 3 rings (SSSR count). The molecule has 13 nitrogen and oxygen atoms in total. The number of fused-ring (bicyclic) bond motifs is 1. The summed E-state index contributed by atoms with van der Waals surface area (Å²) in [5.41, 5.74) is 6.19. The average molecular weight is 439 g/mol. The summed E-state index contributed by atoms with van der Waals surface area (Å²) in [7, 11) is 0. The van der Waals surface area contributed by atoms with E-state index in [1.807, 2.05) is 0 Å². The number of nitrogens with two attached hydrogens (primary N) is 1. The normalized spacial score (nSPS) is 23.4. The van der Waals surface area contributed by atoms with Gasteiger partial charge in [-0.1, -0.05) is 0 Å². The number of anilines is 1. The Kier molecular flexibility index (Phi) is 8.45. The van der Waals surface area contributed by atoms with E-state index in [2.05, 4.69) is 25.6 Å². The van der Waals surface area contributed by atoms with E-state index in [0.29, 0.717) is 63.0 Å². The molecule has 1 amide bonds. The zero-order valence-corrected chi connectivity index (χ0v) is 17.3. The summed E-state index contributed by atoms with van der Waals surface area (Å²) >= 11 is 0. The molecule has 1 aliphatic rings. The number of hydrogen-bond donors (Lipinski definition) is 5. The first kappa shape index (κ1) is 23.2. The Morgan fingerprint density at radius 3 is 2.71 bits per heavy atom. The summed E-state index contributed by atoms with van der Waals surface area (Å²) in [6.07, 6.45) is -2.14. The number of rotatable bonds is 12. The maximum atomic E-state index is 12.1. The number of imidazole rings is 1. The first-order valence-corrected chi connectivity index (χ1v) is 10.1. The molecule has 1 fully saturated rings. The fourth-order valence-corrected chi connectivity index (χ4v) is 3.20. The first-order chi connectivity index (χ1) is 15.1. The summed E-state index contributed by atoms with van der Waals surface area (Å²) in [5, 5.41) is 26.4. The van der Waals surface area contributed by atoms with Gasteiger partial charge in [0.2, 0.25) is 0 Å². The number of nitrogens with zero attached hydrogens (tertiary/aromatic N) is 4. The molecule has 2 aromatic heterocycles. The van der Waals surface area contributed by atoms with Gasteiger partial charge in [0, 0.05) is 19.6 Å². The van der Waals surface area contributed by atoms with Crippen LogP contribution in [0.2, 0.25) is 0 Å². The molecule has 172 valence electrons. The second-order valence-corrected chi connectivity index (χ2v) is 6.81. The molecule has 0 unspecified atom stereocenters. The molecule has 1 aliphatic heterocycles. The molecule has 31 heavy (non-hydrogen) atoms. The van der Waals surface area contributed by atoms with Crippen molar-refractivity contribution in [3.05, 3.63) is 12.7 Å². The van der Waals surface area contributed by atoms with E-state index >= 15 is 0 Å². The Hall–Kier alpha value is -2.42. The minimum Gasteiger partial charge on any atom is -0.387 e. The Morgan fingerprint density at radius 1 is 1.19 bits per heavy atom. The van der Waals surface area contributed by atoms with E-state index in [1.54, 1.807) is 6.92 Å². The number of likely N-dealkylation sites (N-methyl/N-ethyl adjacent to an activating group) is 1. The van der Waals surface area contributed by atoms with Crippen LogP contribution in [0.3, 0.4) is 0 Å². The van der Waals surface area contributed by atoms with E-state index in [-0.39, 0.29) is 0 Å². The van der Waals surface area contributed by atoms with E-state index in [4.69, 9.17) is 19.9 Å². The van der Waals surface area contributed by atoms with Gasteiger partial charge in [0.25, 0.3) is 5.91 Å². The molecule has 0 spiro atoms. The lowest BCUT2D eigenvalue weighted by Gasteiger charge is -2.16. The van der Waals surface area contributed by atoms with Crippen LogP contribution in [0.25, 0.3) is 11.2 Å². The van der Waals surface area contributed by atoms with Gasteiger partial charge in [-0.3, -0.25) is 9.36 Å². The predicted molar refractivity (Wildman–Crippen MR) is 109 cm³/mol. The monoisotopic (exact) mass is 439 g/mol. The van der Waals surface area contributed by atoms with Crippen LogP contribution in [0, 0.1) is 0 Å². The lowest BCUT2D eigenvalue weighted by atomic mass is 10.1. The van der Waals surface area contributed by atoms with Crippen LogP contribution in [0.5, 0.6) is 0 Å². The highest BCUT2D eigenvalue weighted by Crippen LogP contribution is 2.32. The number of nitrogens with one attached hydrogen (secondary N) is 2. The van der Waals surface area contributed by atoms with Crippen LogP contribution in [0.1, 0.15) is 13.2 Å². The minimum atomic E-state index is -1.38. The van der Waals surface area contributed by atoms with Crippen LogP contribution in [0.4, 0.5) is 5.82 Å². The molecule has 2 aromatic rings. The summed E-state index contributed by atoms with van der Waals surface area (Å²) in [4.78, 5) is 24.8. The Bertz CT molecular complexity index is 850. The van der Waals surface area contributed by atoms with Crippen molar-refractivity contribution in [2.45, 2.75) is 31.5 Å². The second-order valence-electron chi connectivity index (χ2n) is 6.81. The van der Waals surface area contributed by atoms with Crippen LogP contribution in [0.15, 0.2) is 12.7 Å². The predicted octanol–water partition coefficient (Wildman–Crippen LogP) is -2.01. The van der Waals surface area contributed by atoms with Crippen LogP contribution < -0.4 is 16.4 Å². The Morgan fingerprint density at radius 2 is 1.97 bits per heavy atom. The topological polar surface area (TPSA) is 179 Å². The molecule has 0 aromatic carbocycles. The fraction of sp³-hybridized carbons (Fsp3) is 0.667. The van der Waals surface area contributed by atoms with Crippen molar-refractivity contribution in [2.75, 3.05) is 51.4 Å². The van der Waals surface area contributed by atoms with Gasteiger partial charge in [-0.25, -0.2) is 15.0 Å². The average Bonchev–Trinajstić information content (AvgIpc) is 3.32. The molecule has 1 saturated heterocycles. The van der Waals surface area contributed by atoms with Gasteiger partial charge in [-0.15, -0.1) is 0 Å². The molecule has 0 radical (unpaired) electrons. The van der Waals surface area contributed by atoms with Gasteiger partial charge >= 0.3 is 0 Å². The highest BCUT2D eigenvalue weighted by Gasteiger charge is 2.47. The Labute approximate surface area is 178 Å². The number of ether oxygens (including phenoxy) is 3. The standard InChI is InChI=1S/C18H29N7O6/c1-2-20-17(28)14-12(26)13(27)18(31-14)25-10-24-11-15(22-9-23-16(11)25)21-4-6-30-8-7-29-5-3-19/h9-10,12-14,18,26-27H,2-8,19H2,1H3,(H,20,28)(H,21,22,23)/t12-,13+,14-,18+/m0/s1. The van der Waals surface area contributed by atoms with Crippen molar-refractivity contribution >= 4 is 22.9 Å². The lowest BCUT2D eigenvalue weighted by Crippen LogP contribution is -2.42. The zero-order valence-electron chi connectivity index (χ0n) is 17.3. The second kappa shape index (κ2) is 11.3. The van der Waals surface area contributed by atoms with E-state index in [0.717, 1.165) is 0 Å². The third-order valence-corrected chi connectivity index (χ3v) is 4.65. The maximum absolute atomic E-state index is 12.1. The van der Waals surface area contributed by atoms with Crippen molar-refractivity contribution in [2.24, 2.45) is 5.73 Å². The summed E-state index contributed by atoms with van der Waals surface area (Å²) < 4.78 is 17.8. The van der Waals surface area contributed by atoms with Gasteiger partial charge < -0.3 is 40.8 Å². The van der Waals surface area contributed by atoms with Gasteiger partial charge in [-0.2, -0.15) is 0 Å². The molecule has 13 heteroatoms. The van der Waals surface area contributed by atoms with Crippen LogP contribution in [-0.2, 0) is 19.0 Å². The molecular formula is C18H29N7O6. The third-order valence-electron chi connectivity index (χ3n) is 4.65. The number of aromatic nitrogens is 4. The number of hydrogen-bond acceptors (Lipinski definition) is 11. The van der Waals surface area contributed by atoms with Gasteiger partial charge in [0.15, 0.2) is 29.3 Å². The molecule has 0 aliphatic carbocycles. The van der Waals surface area contributed by atoms with Crippen molar-refractivity contribution in [1.82, 2.24) is 24.8 Å². The summed E-state index contributed by atoms with van der Waals surface area (Å²) in [6, 6.07) is 0. The summed E-state index contributed by atoms with van der Waals surface area (Å²) in [6.45, 7) is 4.97. The maximum Gasteiger partial charge on any atom is 0.252 e. The number of aliphatic hydroxyl groups is 2. The molecule has 0 saturated carbocycles. The van der Waals surface area contributed by atoms with Crippen molar-refractivity contribution in [3.8, 4) is 0 Å². The van der Waals surface area contributed by atoms with Crippen molar-refractivity contribution in [1.29, 1.82) is 0 Å². The molecule has 3 heterocycles. The van der Waals surface area contributed by atoms with Crippen LogP contribution >= 0.6 is 0 Å². The highest BCUT2D eigenvalue weighted by atomic mass is 16.6. The smallest absolute Gasteiger partial charge is 0.252 e. The zero-order chi connectivity index (χ0) is 22.2. The van der Waals surface area contributed by atoms with Crippen molar-refractivity contribution < 1.29 is 29.2 Å². The van der Waals surface area contributed by atoms with Crippen molar-refractivity contribution in [3.63, 3.8) is 0 Å². The largest absolute Gasteiger partial charge is 0.387 e. The number of amides is 1. The Balaban J connectivity index is 1.62. The fourth-order valence-electron chi connectivity index (χ4n) is 3.20. The van der Waals surface area contributed by atoms with Crippen LogP contribution in [-0.4, -0.2) is 100 Å². The van der Waals surface area contributed by atoms with E-state index in [1.165, 1.54) is 17.2 Å². The van der Waals surface area contributed by atoms with Gasteiger partial charge in [0.1, 0.15) is 18.5 Å². The molecular weight excluding hydrogens is 410 g/mol. The first-order valence-electron chi connectivity index (χ1n) is 10.1. The number of carbonyl (C=O) groups excluding carboxylic acids is 1. The number of carbonyl (C=O) groups is 1. The molecule has 0 bridgehead atoms. The third kappa shape index (κ3) is 5.44. The highest BCUT2D eigenvalue weighted by molar-refractivity contribution is 5.83. The minimum absolute atomic E-state index is 0.382.